The van der Waals surface area contributed by atoms with Gasteiger partial charge in [0.25, 0.3) is 15.9 Å². The molecule has 2 aromatic heterocycles. The van der Waals surface area contributed by atoms with Crippen LogP contribution in [0.25, 0.3) is 10.9 Å². The normalized spacial score (nSPS) is 15.1. The Bertz CT molecular complexity index is 1150. The number of nitrogens with one attached hydrogen (secondary N) is 1. The number of para-hydroxylation sites is 1. The second-order valence-electron chi connectivity index (χ2n) is 7.37. The molecule has 3 heterocycles. The van der Waals surface area contributed by atoms with Gasteiger partial charge in [0.1, 0.15) is 11.3 Å². The molecule has 0 atom stereocenters. The molecule has 0 bridgehead atoms. The van der Waals surface area contributed by atoms with E-state index in [9.17, 15) is 13.2 Å². The van der Waals surface area contributed by atoms with E-state index in [4.69, 9.17) is 9.15 Å². The number of fused-ring (bicyclic) bond motifs is 1. The van der Waals surface area contributed by atoms with Crippen LogP contribution in [0.3, 0.4) is 0 Å². The lowest BCUT2D eigenvalue weighted by molar-refractivity contribution is 0.0918. The molecule has 1 amide bonds. The number of benzene rings is 1. The number of rotatable bonds is 8. The zero-order valence-electron chi connectivity index (χ0n) is 17.1. The number of hydrogen-bond donors (Lipinski definition) is 1. The molecule has 3 aromatic rings. The van der Waals surface area contributed by atoms with Crippen molar-refractivity contribution >= 4 is 26.8 Å². The van der Waals surface area contributed by atoms with Gasteiger partial charge in [0.05, 0.1) is 6.61 Å². The molecule has 1 aliphatic heterocycles. The Morgan fingerprint density at radius 1 is 1.10 bits per heavy atom. The van der Waals surface area contributed by atoms with Gasteiger partial charge in [-0.05, 0) is 43.5 Å². The molecule has 0 aliphatic carbocycles. The number of sulfonamides is 1. The van der Waals surface area contributed by atoms with E-state index in [0.29, 0.717) is 38.4 Å². The number of nitrogens with zero attached hydrogens (tertiary/aromatic N) is 2. The third-order valence-electron chi connectivity index (χ3n) is 5.17. The van der Waals surface area contributed by atoms with Gasteiger partial charge in [-0.15, -0.1) is 0 Å². The number of piperidine rings is 1. The Morgan fingerprint density at radius 2 is 1.90 bits per heavy atom. The predicted molar refractivity (Wildman–Crippen MR) is 116 cm³/mol. The first-order chi connectivity index (χ1) is 15.1. The molecule has 1 saturated heterocycles. The van der Waals surface area contributed by atoms with Crippen molar-refractivity contribution in [2.45, 2.75) is 30.8 Å². The van der Waals surface area contributed by atoms with Crippen molar-refractivity contribution in [3.63, 3.8) is 0 Å². The Hall–Kier alpha value is -2.91. The van der Waals surface area contributed by atoms with Crippen molar-refractivity contribution in [2.75, 3.05) is 26.2 Å². The zero-order valence-corrected chi connectivity index (χ0v) is 17.9. The summed E-state index contributed by atoms with van der Waals surface area (Å²) in [6.07, 6.45) is 5.00. The van der Waals surface area contributed by atoms with Gasteiger partial charge in [-0.3, -0.25) is 9.78 Å². The Balaban J connectivity index is 1.27. The molecule has 1 fully saturated rings. The average Bonchev–Trinajstić information content (AvgIpc) is 3.31. The van der Waals surface area contributed by atoms with Crippen LogP contribution in [-0.2, 0) is 10.0 Å². The highest BCUT2D eigenvalue weighted by Gasteiger charge is 2.29. The SMILES string of the molecule is O=C(NCCCOc1cccc2cccnc12)c1ccc(S(=O)(=O)N2CCCCC2)o1. The van der Waals surface area contributed by atoms with Crippen LogP contribution >= 0.6 is 0 Å². The van der Waals surface area contributed by atoms with E-state index in [1.807, 2.05) is 30.3 Å². The van der Waals surface area contributed by atoms with Crippen molar-refractivity contribution in [2.24, 2.45) is 0 Å². The van der Waals surface area contributed by atoms with Gasteiger partial charge < -0.3 is 14.5 Å². The summed E-state index contributed by atoms with van der Waals surface area (Å²) >= 11 is 0. The molecular formula is C22H25N3O5S. The number of furan rings is 1. The second-order valence-corrected chi connectivity index (χ2v) is 9.24. The van der Waals surface area contributed by atoms with Gasteiger partial charge in [-0.1, -0.05) is 24.6 Å². The first-order valence-electron chi connectivity index (χ1n) is 10.4. The molecule has 0 unspecified atom stereocenters. The van der Waals surface area contributed by atoms with Crippen molar-refractivity contribution in [1.82, 2.24) is 14.6 Å². The van der Waals surface area contributed by atoms with Crippen LogP contribution in [0.4, 0.5) is 0 Å². The van der Waals surface area contributed by atoms with Crippen molar-refractivity contribution in [3.05, 3.63) is 54.4 Å². The molecule has 1 N–H and O–H groups in total. The lowest BCUT2D eigenvalue weighted by Gasteiger charge is -2.24. The molecule has 0 saturated carbocycles. The monoisotopic (exact) mass is 443 g/mol. The van der Waals surface area contributed by atoms with Crippen LogP contribution < -0.4 is 10.1 Å². The molecule has 0 spiro atoms. The number of hydrogen-bond acceptors (Lipinski definition) is 6. The number of aromatic nitrogens is 1. The molecule has 0 radical (unpaired) electrons. The lowest BCUT2D eigenvalue weighted by atomic mass is 10.2. The first kappa shape index (κ1) is 21.3. The van der Waals surface area contributed by atoms with E-state index in [0.717, 1.165) is 30.2 Å². The van der Waals surface area contributed by atoms with Gasteiger partial charge >= 0.3 is 0 Å². The van der Waals surface area contributed by atoms with Crippen molar-refractivity contribution in [1.29, 1.82) is 0 Å². The van der Waals surface area contributed by atoms with Gasteiger partial charge in [-0.25, -0.2) is 8.42 Å². The summed E-state index contributed by atoms with van der Waals surface area (Å²) in [5.74, 6) is 0.227. The summed E-state index contributed by atoms with van der Waals surface area (Å²) in [4.78, 5) is 16.6. The summed E-state index contributed by atoms with van der Waals surface area (Å²) in [5.41, 5.74) is 0.798. The largest absolute Gasteiger partial charge is 0.491 e. The highest BCUT2D eigenvalue weighted by Crippen LogP contribution is 2.23. The van der Waals surface area contributed by atoms with Crippen LogP contribution in [0.2, 0.25) is 0 Å². The number of ether oxygens (including phenoxy) is 1. The summed E-state index contributed by atoms with van der Waals surface area (Å²) in [5, 5.41) is 3.54. The Morgan fingerprint density at radius 3 is 2.74 bits per heavy atom. The van der Waals surface area contributed by atoms with Gasteiger partial charge in [-0.2, -0.15) is 4.31 Å². The molecule has 9 heteroatoms. The van der Waals surface area contributed by atoms with Gasteiger partial charge in [0.2, 0.25) is 5.09 Å². The second kappa shape index (κ2) is 9.49. The molecular weight excluding hydrogens is 418 g/mol. The number of pyridine rings is 1. The molecule has 1 aromatic carbocycles. The van der Waals surface area contributed by atoms with Crippen LogP contribution in [-0.4, -0.2) is 49.9 Å². The highest BCUT2D eigenvalue weighted by atomic mass is 32.2. The van der Waals surface area contributed by atoms with Gasteiger partial charge in [0.15, 0.2) is 5.76 Å². The third-order valence-corrected chi connectivity index (χ3v) is 6.95. The van der Waals surface area contributed by atoms with E-state index in [2.05, 4.69) is 10.3 Å². The third kappa shape index (κ3) is 4.88. The summed E-state index contributed by atoms with van der Waals surface area (Å²) in [6, 6.07) is 12.3. The molecule has 164 valence electrons. The predicted octanol–water partition coefficient (Wildman–Crippen LogP) is 3.20. The minimum absolute atomic E-state index is 0.0187. The summed E-state index contributed by atoms with van der Waals surface area (Å²) in [7, 11) is -3.69. The molecule has 31 heavy (non-hydrogen) atoms. The standard InChI is InChI=1S/C22H25N3O5S/c26-22(19-10-11-20(30-19)31(27,28)25-14-2-1-3-15-25)24-13-6-16-29-18-9-4-7-17-8-5-12-23-21(17)18/h4-5,7-12H,1-3,6,13-16H2,(H,24,26). The van der Waals surface area contributed by atoms with Crippen molar-refractivity contribution < 1.29 is 22.4 Å². The van der Waals surface area contributed by atoms with Crippen LogP contribution in [0.15, 0.2) is 58.2 Å². The maximum atomic E-state index is 12.6. The van der Waals surface area contributed by atoms with E-state index in [-0.39, 0.29) is 10.9 Å². The smallest absolute Gasteiger partial charge is 0.287 e. The van der Waals surface area contributed by atoms with Crippen molar-refractivity contribution in [3.8, 4) is 5.75 Å². The van der Waals surface area contributed by atoms with E-state index in [1.54, 1.807) is 6.20 Å². The lowest BCUT2D eigenvalue weighted by Crippen LogP contribution is -2.35. The van der Waals surface area contributed by atoms with Gasteiger partial charge in [0, 0.05) is 31.2 Å². The fraction of sp³-hybridized carbons (Fsp3) is 0.364. The molecule has 1 aliphatic rings. The molecule has 8 nitrogen and oxygen atoms in total. The van der Waals surface area contributed by atoms with Crippen LogP contribution in [0.1, 0.15) is 36.2 Å². The maximum Gasteiger partial charge on any atom is 0.287 e. The van der Waals surface area contributed by atoms with Crippen LogP contribution in [0, 0.1) is 0 Å². The fourth-order valence-corrected chi connectivity index (χ4v) is 4.98. The Kier molecular flexibility index (Phi) is 6.53. The first-order valence-corrected chi connectivity index (χ1v) is 11.8. The number of carbonyl (C=O) groups is 1. The molecule has 4 rings (SSSR count). The summed E-state index contributed by atoms with van der Waals surface area (Å²) in [6.45, 7) is 1.74. The maximum absolute atomic E-state index is 12.6. The highest BCUT2D eigenvalue weighted by molar-refractivity contribution is 7.89. The minimum Gasteiger partial charge on any atom is -0.491 e. The number of carbonyl (C=O) groups excluding carboxylic acids is 1. The topological polar surface area (TPSA) is 102 Å². The zero-order chi connectivity index (χ0) is 21.7. The quantitative estimate of drug-likeness (QED) is 0.537. The van der Waals surface area contributed by atoms with E-state index < -0.39 is 15.9 Å². The number of amides is 1. The minimum atomic E-state index is -3.69. The summed E-state index contributed by atoms with van der Waals surface area (Å²) < 4.78 is 37.8. The fourth-order valence-electron chi connectivity index (χ4n) is 3.55. The van der Waals surface area contributed by atoms with E-state index in [1.165, 1.54) is 16.4 Å². The van der Waals surface area contributed by atoms with E-state index >= 15 is 0 Å². The van der Waals surface area contributed by atoms with Crippen LogP contribution in [0.5, 0.6) is 5.75 Å². The Labute approximate surface area is 181 Å². The average molecular weight is 444 g/mol.